The van der Waals surface area contributed by atoms with E-state index in [0.29, 0.717) is 17.9 Å². The molecule has 1 atom stereocenters. The van der Waals surface area contributed by atoms with E-state index in [2.05, 4.69) is 20.4 Å². The third-order valence-corrected chi connectivity index (χ3v) is 8.14. The van der Waals surface area contributed by atoms with Crippen LogP contribution in [0.5, 0.6) is 0 Å². The van der Waals surface area contributed by atoms with Crippen LogP contribution in [-0.4, -0.2) is 90.4 Å². The molecule has 0 radical (unpaired) electrons. The van der Waals surface area contributed by atoms with Crippen molar-refractivity contribution in [3.8, 4) is 0 Å². The Hall–Kier alpha value is -3.47. The largest absolute Gasteiger partial charge is 0.444 e. The van der Waals surface area contributed by atoms with E-state index in [1.807, 2.05) is 39.8 Å². The normalized spacial score (nSPS) is 21.3. The maximum atomic E-state index is 13.2. The predicted octanol–water partition coefficient (Wildman–Crippen LogP) is 2.60. The van der Waals surface area contributed by atoms with Crippen LogP contribution in [-0.2, 0) is 19.1 Å². The summed E-state index contributed by atoms with van der Waals surface area (Å²) in [5.41, 5.74) is 1.64. The zero-order chi connectivity index (χ0) is 29.7. The molecule has 11 nitrogen and oxygen atoms in total. The van der Waals surface area contributed by atoms with Crippen LogP contribution in [0.25, 0.3) is 0 Å². The van der Waals surface area contributed by atoms with Crippen LogP contribution in [0.2, 0.25) is 0 Å². The fourth-order valence-electron chi connectivity index (χ4n) is 5.91. The second-order valence-corrected chi connectivity index (χ2v) is 12.4. The molecule has 1 aromatic rings. The van der Waals surface area contributed by atoms with Gasteiger partial charge in [-0.15, -0.1) is 0 Å². The molecular weight excluding hydrogens is 526 g/mol. The number of rotatable bonds is 7. The van der Waals surface area contributed by atoms with Crippen LogP contribution in [0.3, 0.4) is 0 Å². The van der Waals surface area contributed by atoms with Gasteiger partial charge in [0.25, 0.3) is 5.91 Å². The van der Waals surface area contributed by atoms with Crippen molar-refractivity contribution >= 4 is 35.9 Å². The van der Waals surface area contributed by atoms with Crippen LogP contribution in [0.1, 0.15) is 75.2 Å². The van der Waals surface area contributed by atoms with Crippen LogP contribution in [0.15, 0.2) is 18.2 Å². The number of likely N-dealkylation sites (tertiary alicyclic amines) is 1. The van der Waals surface area contributed by atoms with E-state index in [9.17, 15) is 24.0 Å². The highest BCUT2D eigenvalue weighted by atomic mass is 16.6. The Kier molecular flexibility index (Phi) is 9.68. The lowest BCUT2D eigenvalue weighted by Gasteiger charge is -2.38. The third-order valence-electron chi connectivity index (χ3n) is 8.14. The van der Waals surface area contributed by atoms with Crippen molar-refractivity contribution < 1.29 is 28.7 Å². The van der Waals surface area contributed by atoms with Crippen molar-refractivity contribution in [2.24, 2.45) is 5.92 Å². The monoisotopic (exact) mass is 569 g/mol. The minimum absolute atomic E-state index is 0.0888. The van der Waals surface area contributed by atoms with Gasteiger partial charge in [-0.2, -0.15) is 0 Å². The molecule has 3 saturated heterocycles. The zero-order valence-electron chi connectivity index (χ0n) is 24.6. The number of hydrogen-bond donors (Lipinski definition) is 2. The molecule has 5 amide bonds. The Morgan fingerprint density at radius 3 is 2.34 bits per heavy atom. The lowest BCUT2D eigenvalue weighted by Crippen LogP contribution is -2.53. The molecule has 0 spiro atoms. The molecule has 11 heteroatoms. The maximum absolute atomic E-state index is 13.2. The van der Waals surface area contributed by atoms with E-state index in [-0.39, 0.29) is 25.0 Å². The summed E-state index contributed by atoms with van der Waals surface area (Å²) in [6.07, 6.45) is 4.25. The molecule has 3 heterocycles. The van der Waals surface area contributed by atoms with Gasteiger partial charge in [-0.3, -0.25) is 29.4 Å². The summed E-state index contributed by atoms with van der Waals surface area (Å²) in [4.78, 5) is 66.4. The summed E-state index contributed by atoms with van der Waals surface area (Å²) in [6, 6.07) is 4.75. The standard InChI is InChI=1S/C30H43N5O6/c1-20-17-23(5-6-24(20)28(39)35(19-36)25-7-8-26(37)32-27(25)38)34-15-9-21(10-16-34)18-33-13-11-22(12-14-33)31-29(40)41-30(2,3)4/h5-6,17,19,21-22,25H,7-16,18H2,1-4H3,(H,31,40)(H,32,37,38). The molecule has 2 N–H and O–H groups in total. The number of piperidine rings is 3. The molecular formula is C30H43N5O6. The molecule has 224 valence electrons. The number of alkyl carbamates (subject to hydrolysis) is 1. The number of amides is 5. The molecule has 0 aromatic heterocycles. The first-order valence-electron chi connectivity index (χ1n) is 14.6. The van der Waals surface area contributed by atoms with Crippen molar-refractivity contribution in [2.75, 3.05) is 37.6 Å². The van der Waals surface area contributed by atoms with Crippen molar-refractivity contribution in [3.05, 3.63) is 29.3 Å². The van der Waals surface area contributed by atoms with Gasteiger partial charge < -0.3 is 19.9 Å². The molecule has 0 bridgehead atoms. The van der Waals surface area contributed by atoms with Crippen LogP contribution in [0, 0.1) is 12.8 Å². The molecule has 1 aromatic carbocycles. The van der Waals surface area contributed by atoms with Gasteiger partial charge in [-0.1, -0.05) is 0 Å². The smallest absolute Gasteiger partial charge is 0.407 e. The number of benzene rings is 1. The maximum Gasteiger partial charge on any atom is 0.407 e. The molecule has 4 rings (SSSR count). The zero-order valence-corrected chi connectivity index (χ0v) is 24.6. The highest BCUT2D eigenvalue weighted by molar-refractivity contribution is 6.07. The van der Waals surface area contributed by atoms with Gasteiger partial charge in [-0.05, 0) is 89.5 Å². The number of nitrogens with one attached hydrogen (secondary N) is 2. The summed E-state index contributed by atoms with van der Waals surface area (Å²) in [5.74, 6) is -0.952. The molecule has 1 unspecified atom stereocenters. The number of carbonyl (C=O) groups is 5. The summed E-state index contributed by atoms with van der Waals surface area (Å²) in [5, 5.41) is 5.20. The Morgan fingerprint density at radius 1 is 1.07 bits per heavy atom. The number of carbonyl (C=O) groups excluding carboxylic acids is 5. The highest BCUT2D eigenvalue weighted by Gasteiger charge is 2.35. The van der Waals surface area contributed by atoms with Crippen molar-refractivity contribution in [1.29, 1.82) is 0 Å². The first-order chi connectivity index (χ1) is 19.4. The summed E-state index contributed by atoms with van der Waals surface area (Å²) in [7, 11) is 0. The van der Waals surface area contributed by atoms with E-state index >= 15 is 0 Å². The van der Waals surface area contributed by atoms with Gasteiger partial charge in [0, 0.05) is 56.4 Å². The molecule has 3 aliphatic rings. The first kappa shape index (κ1) is 30.5. The average molecular weight is 570 g/mol. The molecule has 41 heavy (non-hydrogen) atoms. The second kappa shape index (κ2) is 13.0. The van der Waals surface area contributed by atoms with Gasteiger partial charge in [0.2, 0.25) is 18.2 Å². The van der Waals surface area contributed by atoms with Crippen LogP contribution < -0.4 is 15.5 Å². The number of hydrogen-bond acceptors (Lipinski definition) is 8. The molecule has 0 saturated carbocycles. The molecule has 0 aliphatic carbocycles. The fraction of sp³-hybridized carbons (Fsp3) is 0.633. The van der Waals surface area contributed by atoms with Crippen LogP contribution in [0.4, 0.5) is 10.5 Å². The van der Waals surface area contributed by atoms with E-state index in [1.54, 1.807) is 6.07 Å². The van der Waals surface area contributed by atoms with Gasteiger partial charge in [0.05, 0.1) is 0 Å². The van der Waals surface area contributed by atoms with E-state index in [1.165, 1.54) is 0 Å². The lowest BCUT2D eigenvalue weighted by molar-refractivity contribution is -0.139. The predicted molar refractivity (Wildman–Crippen MR) is 153 cm³/mol. The second-order valence-electron chi connectivity index (χ2n) is 12.4. The number of imide groups is 2. The Bertz CT molecular complexity index is 1150. The minimum atomic E-state index is -0.983. The average Bonchev–Trinajstić information content (AvgIpc) is 2.90. The minimum Gasteiger partial charge on any atom is -0.444 e. The number of ether oxygens (including phenoxy) is 1. The van der Waals surface area contributed by atoms with Gasteiger partial charge in [0.15, 0.2) is 0 Å². The fourth-order valence-corrected chi connectivity index (χ4v) is 5.91. The SMILES string of the molecule is Cc1cc(N2CCC(CN3CCC(NC(=O)OC(C)(C)C)CC3)CC2)ccc1C(=O)N(C=O)C1CCC(=O)NC1=O. The van der Waals surface area contributed by atoms with Crippen molar-refractivity contribution in [1.82, 2.24) is 20.4 Å². The lowest BCUT2D eigenvalue weighted by atomic mass is 9.94. The number of nitrogens with zero attached hydrogens (tertiary/aromatic N) is 3. The highest BCUT2D eigenvalue weighted by Crippen LogP contribution is 2.27. The first-order valence-corrected chi connectivity index (χ1v) is 14.6. The Balaban J connectivity index is 1.24. The van der Waals surface area contributed by atoms with E-state index < -0.39 is 29.4 Å². The van der Waals surface area contributed by atoms with Crippen molar-refractivity contribution in [2.45, 2.75) is 83.9 Å². The number of anilines is 1. The summed E-state index contributed by atoms with van der Waals surface area (Å²) in [6.45, 7) is 12.3. The summed E-state index contributed by atoms with van der Waals surface area (Å²) >= 11 is 0. The van der Waals surface area contributed by atoms with Gasteiger partial charge in [-0.25, -0.2) is 4.79 Å². The number of aryl methyl sites for hydroxylation is 1. The van der Waals surface area contributed by atoms with Gasteiger partial charge in [0.1, 0.15) is 11.6 Å². The quantitative estimate of drug-likeness (QED) is 0.379. The van der Waals surface area contributed by atoms with Crippen LogP contribution >= 0.6 is 0 Å². The topological polar surface area (TPSA) is 128 Å². The van der Waals surface area contributed by atoms with E-state index in [4.69, 9.17) is 4.74 Å². The van der Waals surface area contributed by atoms with Crippen molar-refractivity contribution in [3.63, 3.8) is 0 Å². The molecule has 3 fully saturated rings. The molecule has 3 aliphatic heterocycles. The Labute approximate surface area is 241 Å². The van der Waals surface area contributed by atoms with Gasteiger partial charge >= 0.3 is 6.09 Å². The Morgan fingerprint density at radius 2 is 1.76 bits per heavy atom. The van der Waals surface area contributed by atoms with E-state index in [0.717, 1.165) is 74.6 Å². The summed E-state index contributed by atoms with van der Waals surface area (Å²) < 4.78 is 5.38. The third kappa shape index (κ3) is 8.06.